The Labute approximate surface area is 235 Å². The lowest BCUT2D eigenvalue weighted by Gasteiger charge is -2.29. The molecule has 0 spiro atoms. The molecule has 0 radical (unpaired) electrons. The van der Waals surface area contributed by atoms with Crippen molar-refractivity contribution in [2.45, 2.75) is 26.4 Å². The van der Waals surface area contributed by atoms with Crippen LogP contribution in [0.15, 0.2) is 77.5 Å². The molecule has 0 amide bonds. The maximum absolute atomic E-state index is 13.7. The predicted octanol–water partition coefficient (Wildman–Crippen LogP) is 5.97. The normalized spacial score (nSPS) is 15.8. The molecule has 1 heterocycles. The summed E-state index contributed by atoms with van der Waals surface area (Å²) < 4.78 is 17.0. The average Bonchev–Trinajstić information content (AvgIpc) is 3.22. The van der Waals surface area contributed by atoms with Gasteiger partial charge in [0.2, 0.25) is 0 Å². The van der Waals surface area contributed by atoms with Crippen LogP contribution in [0.3, 0.4) is 0 Å². The summed E-state index contributed by atoms with van der Waals surface area (Å²) in [5.74, 6) is -0.944. The minimum Gasteiger partial charge on any atom is -0.493 e. The smallest absolute Gasteiger partial charge is 0.336 e. The Kier molecular flexibility index (Phi) is 7.32. The number of nitro benzene ring substituents is 1. The first kappa shape index (κ1) is 27.0. The van der Waals surface area contributed by atoms with Crippen LogP contribution in [0.25, 0.3) is 5.70 Å². The number of ketones is 1. The van der Waals surface area contributed by atoms with Gasteiger partial charge in [0.05, 0.1) is 34.9 Å². The summed E-state index contributed by atoms with van der Waals surface area (Å²) >= 11 is 6.72. The van der Waals surface area contributed by atoms with Crippen molar-refractivity contribution in [1.82, 2.24) is 5.32 Å². The molecule has 204 valence electrons. The number of carbonyl (C=O) groups is 2. The van der Waals surface area contributed by atoms with E-state index in [4.69, 9.17) is 25.8 Å². The average molecular weight is 561 g/mol. The largest absolute Gasteiger partial charge is 0.493 e. The van der Waals surface area contributed by atoms with Gasteiger partial charge in [-0.3, -0.25) is 14.9 Å². The molecule has 10 heteroatoms. The molecule has 0 fully saturated rings. The summed E-state index contributed by atoms with van der Waals surface area (Å²) in [4.78, 5) is 37.3. The third kappa shape index (κ3) is 4.69. The predicted molar refractivity (Wildman–Crippen MR) is 148 cm³/mol. The van der Waals surface area contributed by atoms with E-state index >= 15 is 0 Å². The molecule has 2 aliphatic rings. The number of fused-ring (bicyclic) bond motifs is 2. The van der Waals surface area contributed by atoms with E-state index in [-0.39, 0.29) is 35.5 Å². The second-order valence-corrected chi connectivity index (χ2v) is 9.63. The van der Waals surface area contributed by atoms with Gasteiger partial charge in [0, 0.05) is 40.4 Å². The lowest BCUT2D eigenvalue weighted by atomic mass is 9.79. The first-order valence-electron chi connectivity index (χ1n) is 12.5. The van der Waals surface area contributed by atoms with E-state index in [2.05, 4.69) is 5.32 Å². The topological polar surface area (TPSA) is 117 Å². The first-order valence-corrected chi connectivity index (χ1v) is 12.9. The number of ether oxygens (including phenoxy) is 3. The molecule has 0 saturated heterocycles. The summed E-state index contributed by atoms with van der Waals surface area (Å²) in [7, 11) is 1.46. The van der Waals surface area contributed by atoms with E-state index < -0.39 is 16.8 Å². The van der Waals surface area contributed by atoms with Crippen LogP contribution in [-0.4, -0.2) is 30.4 Å². The van der Waals surface area contributed by atoms with Crippen molar-refractivity contribution in [1.29, 1.82) is 0 Å². The molecule has 3 aromatic carbocycles. The van der Waals surface area contributed by atoms with Gasteiger partial charge < -0.3 is 19.5 Å². The van der Waals surface area contributed by atoms with Crippen molar-refractivity contribution >= 4 is 34.7 Å². The van der Waals surface area contributed by atoms with Gasteiger partial charge in [-0.1, -0.05) is 35.9 Å². The highest BCUT2D eigenvalue weighted by atomic mass is 35.5. The molecule has 9 nitrogen and oxygen atoms in total. The van der Waals surface area contributed by atoms with Crippen LogP contribution in [0.2, 0.25) is 5.02 Å². The molecule has 1 aliphatic heterocycles. The molecule has 1 N–H and O–H groups in total. The Morgan fingerprint density at radius 1 is 1.10 bits per heavy atom. The van der Waals surface area contributed by atoms with Crippen LogP contribution in [-0.2, 0) is 16.1 Å². The third-order valence-electron chi connectivity index (χ3n) is 6.86. The number of Topliss-reactive ketones (excluding diaryl/α,β-unsaturated/α-hetero) is 1. The monoisotopic (exact) mass is 560 g/mol. The number of esters is 1. The summed E-state index contributed by atoms with van der Waals surface area (Å²) in [6.07, 6.45) is 0. The lowest BCUT2D eigenvalue weighted by molar-refractivity contribution is -0.384. The van der Waals surface area contributed by atoms with Gasteiger partial charge in [0.25, 0.3) is 5.69 Å². The Hall–Kier alpha value is -4.63. The number of dihydropyridines is 1. The number of rotatable bonds is 8. The van der Waals surface area contributed by atoms with Gasteiger partial charge in [0.1, 0.15) is 6.61 Å². The van der Waals surface area contributed by atoms with Crippen molar-refractivity contribution in [3.05, 3.63) is 115 Å². The number of benzene rings is 3. The molecule has 40 heavy (non-hydrogen) atoms. The van der Waals surface area contributed by atoms with Crippen LogP contribution in [0.5, 0.6) is 11.5 Å². The summed E-state index contributed by atoms with van der Waals surface area (Å²) in [5.41, 5.74) is 4.47. The van der Waals surface area contributed by atoms with E-state index in [0.29, 0.717) is 45.0 Å². The summed E-state index contributed by atoms with van der Waals surface area (Å²) in [6.45, 7) is 3.74. The van der Waals surface area contributed by atoms with Gasteiger partial charge in [-0.2, -0.15) is 0 Å². The SMILES string of the molecule is CCOC(=O)C1=C(C)NC2=C(C(=O)c3ccccc32)[C@@H]1c1cc(Cl)c(OCc2ccc([N+](=O)[O-])cc2)c(OC)c1. The molecular weight excluding hydrogens is 536 g/mol. The third-order valence-corrected chi connectivity index (χ3v) is 7.14. The number of nitro groups is 1. The molecule has 5 rings (SSSR count). The van der Waals surface area contributed by atoms with E-state index in [1.54, 1.807) is 50.2 Å². The molecule has 0 aromatic heterocycles. The van der Waals surface area contributed by atoms with Crippen LogP contribution >= 0.6 is 11.6 Å². The fourth-order valence-corrected chi connectivity index (χ4v) is 5.33. The highest BCUT2D eigenvalue weighted by Gasteiger charge is 2.43. The minimum absolute atomic E-state index is 0.0243. The fourth-order valence-electron chi connectivity index (χ4n) is 5.06. The van der Waals surface area contributed by atoms with E-state index in [1.165, 1.54) is 19.2 Å². The van der Waals surface area contributed by atoms with Gasteiger partial charge in [-0.05, 0) is 49.2 Å². The maximum atomic E-state index is 13.7. The zero-order valence-electron chi connectivity index (χ0n) is 21.9. The Bertz CT molecular complexity index is 1610. The highest BCUT2D eigenvalue weighted by Crippen LogP contribution is 2.49. The number of carbonyl (C=O) groups excluding carboxylic acids is 2. The van der Waals surface area contributed by atoms with Crippen LogP contribution < -0.4 is 14.8 Å². The molecular formula is C30H25ClN2O7. The first-order chi connectivity index (χ1) is 19.2. The molecule has 0 unspecified atom stereocenters. The number of allylic oxidation sites excluding steroid dienone is 2. The zero-order valence-corrected chi connectivity index (χ0v) is 22.7. The maximum Gasteiger partial charge on any atom is 0.336 e. The van der Waals surface area contributed by atoms with Crippen molar-refractivity contribution in [3.63, 3.8) is 0 Å². The Balaban J connectivity index is 1.56. The second kappa shape index (κ2) is 10.9. The highest BCUT2D eigenvalue weighted by molar-refractivity contribution is 6.32. The summed E-state index contributed by atoms with van der Waals surface area (Å²) in [5, 5.41) is 14.4. The van der Waals surface area contributed by atoms with E-state index in [0.717, 1.165) is 5.56 Å². The summed E-state index contributed by atoms with van der Waals surface area (Å²) in [6, 6.07) is 16.6. The van der Waals surface area contributed by atoms with Gasteiger partial charge in [0.15, 0.2) is 17.3 Å². The second-order valence-electron chi connectivity index (χ2n) is 9.23. The van der Waals surface area contributed by atoms with E-state index in [9.17, 15) is 19.7 Å². The van der Waals surface area contributed by atoms with Crippen LogP contribution in [0, 0.1) is 10.1 Å². The van der Waals surface area contributed by atoms with Crippen molar-refractivity contribution < 1.29 is 28.7 Å². The number of methoxy groups -OCH3 is 1. The van der Waals surface area contributed by atoms with Crippen LogP contribution in [0.1, 0.15) is 46.8 Å². The van der Waals surface area contributed by atoms with Crippen molar-refractivity contribution in [2.24, 2.45) is 0 Å². The lowest BCUT2D eigenvalue weighted by Crippen LogP contribution is -2.29. The van der Waals surface area contributed by atoms with Gasteiger partial charge in [-0.25, -0.2) is 4.79 Å². The van der Waals surface area contributed by atoms with Crippen LogP contribution in [0.4, 0.5) is 5.69 Å². The molecule has 0 bridgehead atoms. The standard InChI is InChI=1S/C30H25ClN2O7/c1-4-39-30(35)24-16(2)32-27-20-7-5-6-8-21(20)28(34)26(27)25(24)18-13-22(31)29(23(14-18)38-3)40-15-17-9-11-19(12-10-17)33(36)37/h5-14,25,32H,4,15H2,1-3H3/t25-/m1/s1. The fraction of sp³-hybridized carbons (Fsp3) is 0.200. The molecule has 1 atom stereocenters. The van der Waals surface area contributed by atoms with Gasteiger partial charge in [-0.15, -0.1) is 0 Å². The quantitative estimate of drug-likeness (QED) is 0.203. The Morgan fingerprint density at radius 3 is 2.45 bits per heavy atom. The van der Waals surface area contributed by atoms with E-state index in [1.807, 2.05) is 12.1 Å². The van der Waals surface area contributed by atoms with Gasteiger partial charge >= 0.3 is 5.97 Å². The number of nitrogens with one attached hydrogen (secondary N) is 1. The molecule has 0 saturated carbocycles. The number of hydrogen-bond donors (Lipinski definition) is 1. The number of nitrogens with zero attached hydrogens (tertiary/aromatic N) is 1. The zero-order chi connectivity index (χ0) is 28.6. The Morgan fingerprint density at radius 2 is 1.80 bits per heavy atom. The van der Waals surface area contributed by atoms with Crippen molar-refractivity contribution in [3.8, 4) is 11.5 Å². The number of halogens is 1. The van der Waals surface area contributed by atoms with Crippen molar-refractivity contribution in [2.75, 3.05) is 13.7 Å². The molecule has 3 aromatic rings. The molecule has 1 aliphatic carbocycles. The number of hydrogen-bond acceptors (Lipinski definition) is 8. The minimum atomic E-state index is -0.773. The number of non-ortho nitro benzene ring substituents is 1.